The normalized spacial score (nSPS) is 15.8. The average molecular weight is 366 g/mol. The Morgan fingerprint density at radius 2 is 1.30 bits per heavy atom. The fourth-order valence-corrected chi connectivity index (χ4v) is 1.48. The van der Waals surface area contributed by atoms with E-state index in [0.717, 1.165) is 12.6 Å². The quantitative estimate of drug-likeness (QED) is 0.423. The van der Waals surface area contributed by atoms with E-state index < -0.39 is 0 Å². The first kappa shape index (κ1) is 10.8. The highest BCUT2D eigenvalue weighted by Crippen LogP contribution is 2.19. The molecular weight excluding hydrogens is 358 g/mol. The number of carbonyl (C=O) groups excluding carboxylic acids is 2. The highest BCUT2D eigenvalue weighted by atomic mass is 127. The van der Waals surface area contributed by atoms with Crippen molar-refractivity contribution in [1.29, 1.82) is 0 Å². The van der Waals surface area contributed by atoms with Crippen LogP contribution in [0.1, 0.15) is 12.8 Å². The molecule has 0 aromatic rings. The molecule has 0 radical (unpaired) electrons. The Bertz CT molecular complexity index is 102. The number of carbonyl (C=O) groups is 2. The molecule has 4 heteroatoms. The maximum atomic E-state index is 10.0. The number of aldehydes is 2. The molecule has 0 spiro atoms. The third-order valence-electron chi connectivity index (χ3n) is 1.04. The average Bonchev–Trinajstić information content (AvgIpc) is 1.89. The van der Waals surface area contributed by atoms with Crippen LogP contribution in [-0.2, 0) is 9.59 Å². The van der Waals surface area contributed by atoms with Gasteiger partial charge in [-0.3, -0.25) is 0 Å². The van der Waals surface area contributed by atoms with E-state index in [0.29, 0.717) is 20.7 Å². The van der Waals surface area contributed by atoms with E-state index in [4.69, 9.17) is 0 Å². The van der Waals surface area contributed by atoms with Crippen molar-refractivity contribution < 1.29 is 9.59 Å². The molecule has 0 aliphatic heterocycles. The zero-order valence-electron chi connectivity index (χ0n) is 5.30. The summed E-state index contributed by atoms with van der Waals surface area (Å²) < 4.78 is 0.585. The summed E-state index contributed by atoms with van der Waals surface area (Å²) in [5.41, 5.74) is 0. The molecule has 2 nitrogen and oxygen atoms in total. The Morgan fingerprint density at radius 3 is 1.50 bits per heavy atom. The van der Waals surface area contributed by atoms with Crippen molar-refractivity contribution in [2.24, 2.45) is 0 Å². The molecule has 0 amide bonds. The standard InChI is InChI=1S/C6H8I2O2/c7-5(1-3-9)6(8)2-4-10/h3-6H,1-2H2. The summed E-state index contributed by atoms with van der Waals surface area (Å²) in [6.45, 7) is 0. The van der Waals surface area contributed by atoms with Crippen LogP contribution in [0.5, 0.6) is 0 Å². The number of hydrogen-bond donors (Lipinski definition) is 0. The van der Waals surface area contributed by atoms with Crippen LogP contribution in [0.2, 0.25) is 0 Å². The Hall–Kier alpha value is 0.800. The fraction of sp³-hybridized carbons (Fsp3) is 0.667. The third kappa shape index (κ3) is 4.59. The molecule has 2 unspecified atom stereocenters. The van der Waals surface area contributed by atoms with Gasteiger partial charge in [0.05, 0.1) is 0 Å². The second kappa shape index (κ2) is 6.51. The van der Waals surface area contributed by atoms with Crippen molar-refractivity contribution in [2.75, 3.05) is 0 Å². The number of hydrogen-bond acceptors (Lipinski definition) is 2. The van der Waals surface area contributed by atoms with Gasteiger partial charge in [-0.25, -0.2) is 0 Å². The summed E-state index contributed by atoms with van der Waals surface area (Å²) in [4.78, 5) is 20.1. The number of rotatable bonds is 5. The molecule has 58 valence electrons. The molecular formula is C6H8I2O2. The predicted molar refractivity (Wildman–Crippen MR) is 57.0 cm³/mol. The van der Waals surface area contributed by atoms with Gasteiger partial charge in [0.1, 0.15) is 12.6 Å². The minimum absolute atomic E-state index is 0.292. The van der Waals surface area contributed by atoms with E-state index in [9.17, 15) is 9.59 Å². The van der Waals surface area contributed by atoms with E-state index in [-0.39, 0.29) is 0 Å². The molecule has 0 heterocycles. The second-order valence-corrected chi connectivity index (χ2v) is 5.04. The largest absolute Gasteiger partial charge is 0.303 e. The maximum Gasteiger partial charge on any atom is 0.121 e. The molecule has 0 saturated carbocycles. The zero-order valence-corrected chi connectivity index (χ0v) is 9.61. The van der Waals surface area contributed by atoms with Crippen molar-refractivity contribution in [3.63, 3.8) is 0 Å². The van der Waals surface area contributed by atoms with Gasteiger partial charge < -0.3 is 9.59 Å². The molecule has 0 saturated heterocycles. The van der Waals surface area contributed by atoms with Crippen molar-refractivity contribution in [3.05, 3.63) is 0 Å². The number of alkyl halides is 2. The zero-order chi connectivity index (χ0) is 7.98. The predicted octanol–water partition coefficient (Wildman–Crippen LogP) is 1.77. The Balaban J connectivity index is 3.56. The van der Waals surface area contributed by atoms with Crippen LogP contribution in [0.4, 0.5) is 0 Å². The van der Waals surface area contributed by atoms with E-state index in [1.165, 1.54) is 0 Å². The van der Waals surface area contributed by atoms with Crippen molar-refractivity contribution in [1.82, 2.24) is 0 Å². The Morgan fingerprint density at radius 1 is 1.00 bits per heavy atom. The van der Waals surface area contributed by atoms with Gasteiger partial charge in [0.15, 0.2) is 0 Å². The molecule has 0 rings (SSSR count). The van der Waals surface area contributed by atoms with Gasteiger partial charge in [-0.15, -0.1) is 0 Å². The van der Waals surface area contributed by atoms with E-state index in [2.05, 4.69) is 45.2 Å². The molecule has 0 aromatic heterocycles. The topological polar surface area (TPSA) is 34.1 Å². The summed E-state index contributed by atoms with van der Waals surface area (Å²) in [5, 5.41) is 0. The second-order valence-electron chi connectivity index (χ2n) is 1.84. The summed E-state index contributed by atoms with van der Waals surface area (Å²) in [7, 11) is 0. The maximum absolute atomic E-state index is 10.0. The van der Waals surface area contributed by atoms with Crippen LogP contribution in [0.15, 0.2) is 0 Å². The molecule has 0 N–H and O–H groups in total. The van der Waals surface area contributed by atoms with Gasteiger partial charge in [-0.1, -0.05) is 45.2 Å². The minimum Gasteiger partial charge on any atom is -0.303 e. The van der Waals surface area contributed by atoms with Gasteiger partial charge >= 0.3 is 0 Å². The summed E-state index contributed by atoms with van der Waals surface area (Å²) in [6, 6.07) is 0. The van der Waals surface area contributed by atoms with Crippen LogP contribution >= 0.6 is 45.2 Å². The minimum atomic E-state index is 0.292. The lowest BCUT2D eigenvalue weighted by molar-refractivity contribution is -0.109. The summed E-state index contributed by atoms with van der Waals surface area (Å²) >= 11 is 4.39. The van der Waals surface area contributed by atoms with Gasteiger partial charge in [-0.2, -0.15) is 0 Å². The Kier molecular flexibility index (Phi) is 7.03. The monoisotopic (exact) mass is 366 g/mol. The molecule has 0 bridgehead atoms. The highest BCUT2D eigenvalue weighted by Gasteiger charge is 2.13. The SMILES string of the molecule is O=CCC(I)C(I)CC=O. The molecule has 0 aliphatic carbocycles. The highest BCUT2D eigenvalue weighted by molar-refractivity contribution is 14.1. The van der Waals surface area contributed by atoms with E-state index in [1.54, 1.807) is 0 Å². The van der Waals surface area contributed by atoms with Gasteiger partial charge in [0, 0.05) is 20.7 Å². The Labute approximate surface area is 87.4 Å². The van der Waals surface area contributed by atoms with Crippen LogP contribution in [0.25, 0.3) is 0 Å². The lowest BCUT2D eigenvalue weighted by Crippen LogP contribution is -2.14. The first-order valence-electron chi connectivity index (χ1n) is 2.87. The van der Waals surface area contributed by atoms with Gasteiger partial charge in [-0.05, 0) is 0 Å². The third-order valence-corrected chi connectivity index (χ3v) is 5.16. The van der Waals surface area contributed by atoms with Gasteiger partial charge in [0.25, 0.3) is 0 Å². The van der Waals surface area contributed by atoms with Gasteiger partial charge in [0.2, 0.25) is 0 Å². The molecule has 0 aliphatic rings. The molecule has 0 aromatic carbocycles. The lowest BCUT2D eigenvalue weighted by atomic mass is 10.2. The van der Waals surface area contributed by atoms with Crippen LogP contribution < -0.4 is 0 Å². The van der Waals surface area contributed by atoms with Crippen LogP contribution in [0.3, 0.4) is 0 Å². The molecule has 2 atom stereocenters. The van der Waals surface area contributed by atoms with E-state index >= 15 is 0 Å². The summed E-state index contributed by atoms with van der Waals surface area (Å²) in [5.74, 6) is 0. The van der Waals surface area contributed by atoms with E-state index in [1.807, 2.05) is 0 Å². The smallest absolute Gasteiger partial charge is 0.121 e. The number of halogens is 2. The van der Waals surface area contributed by atoms with Crippen molar-refractivity contribution in [2.45, 2.75) is 20.7 Å². The van der Waals surface area contributed by atoms with Crippen molar-refractivity contribution in [3.8, 4) is 0 Å². The summed E-state index contributed by atoms with van der Waals surface area (Å²) in [6.07, 6.45) is 2.88. The van der Waals surface area contributed by atoms with Crippen molar-refractivity contribution >= 4 is 57.8 Å². The van der Waals surface area contributed by atoms with Crippen LogP contribution in [0, 0.1) is 0 Å². The lowest BCUT2D eigenvalue weighted by Gasteiger charge is -2.09. The fourth-order valence-electron chi connectivity index (χ4n) is 0.479. The van der Waals surface area contributed by atoms with Crippen LogP contribution in [-0.4, -0.2) is 20.4 Å². The molecule has 10 heavy (non-hydrogen) atoms. The first-order valence-corrected chi connectivity index (χ1v) is 5.37. The molecule has 0 fully saturated rings. The first-order chi connectivity index (χ1) is 4.72.